The van der Waals surface area contributed by atoms with Crippen molar-refractivity contribution in [3.05, 3.63) is 0 Å². The summed E-state index contributed by atoms with van der Waals surface area (Å²) in [4.78, 5) is 2.38. The molecule has 2 N–H and O–H groups in total. The van der Waals surface area contributed by atoms with Gasteiger partial charge in [-0.05, 0) is 26.3 Å². The molecule has 0 aromatic carbocycles. The molecular weight excluding hydrogens is 188 g/mol. The number of methoxy groups -OCH3 is 1. The first kappa shape index (κ1) is 14.9. The minimum atomic E-state index is -0.0154. The Morgan fingerprint density at radius 3 is 2.13 bits per heavy atom. The first-order valence-corrected chi connectivity index (χ1v) is 5.87. The molecule has 15 heavy (non-hydrogen) atoms. The maximum Gasteiger partial charge on any atom is 0.0658 e. The Morgan fingerprint density at radius 2 is 1.87 bits per heavy atom. The third-order valence-electron chi connectivity index (χ3n) is 3.78. The summed E-state index contributed by atoms with van der Waals surface area (Å²) in [6.45, 7) is 10.3. The maximum absolute atomic E-state index is 5.92. The molecule has 0 saturated carbocycles. The van der Waals surface area contributed by atoms with Crippen LogP contribution in [-0.4, -0.2) is 43.8 Å². The summed E-state index contributed by atoms with van der Waals surface area (Å²) in [5, 5.41) is 0. The third-order valence-corrected chi connectivity index (χ3v) is 3.78. The minimum absolute atomic E-state index is 0.0154. The molecule has 0 aliphatic heterocycles. The van der Waals surface area contributed by atoms with E-state index < -0.39 is 0 Å². The molecule has 0 fully saturated rings. The Bertz CT molecular complexity index is 167. The highest BCUT2D eigenvalue weighted by Gasteiger charge is 2.34. The van der Waals surface area contributed by atoms with Gasteiger partial charge in [-0.1, -0.05) is 20.8 Å². The van der Waals surface area contributed by atoms with Crippen LogP contribution in [0.5, 0.6) is 0 Å². The van der Waals surface area contributed by atoms with E-state index in [0.29, 0.717) is 25.1 Å². The van der Waals surface area contributed by atoms with Crippen molar-refractivity contribution in [2.45, 2.75) is 45.7 Å². The lowest BCUT2D eigenvalue weighted by atomic mass is 9.91. The lowest BCUT2D eigenvalue weighted by Crippen LogP contribution is -2.58. The van der Waals surface area contributed by atoms with Crippen molar-refractivity contribution in [3.8, 4) is 0 Å². The molecule has 0 aromatic heterocycles. The van der Waals surface area contributed by atoms with E-state index in [9.17, 15) is 0 Å². The molecule has 3 nitrogen and oxygen atoms in total. The van der Waals surface area contributed by atoms with E-state index >= 15 is 0 Å². The highest BCUT2D eigenvalue weighted by atomic mass is 16.5. The van der Waals surface area contributed by atoms with Crippen molar-refractivity contribution in [2.24, 2.45) is 11.7 Å². The summed E-state index contributed by atoms with van der Waals surface area (Å²) in [5.41, 5.74) is 5.91. The Morgan fingerprint density at radius 1 is 1.33 bits per heavy atom. The first-order valence-electron chi connectivity index (χ1n) is 5.87. The number of hydrogen-bond acceptors (Lipinski definition) is 3. The summed E-state index contributed by atoms with van der Waals surface area (Å²) in [6, 6.07) is 0.517. The molecule has 0 aliphatic rings. The van der Waals surface area contributed by atoms with E-state index in [-0.39, 0.29) is 5.54 Å². The van der Waals surface area contributed by atoms with Crippen LogP contribution in [0.25, 0.3) is 0 Å². The Hall–Kier alpha value is -0.120. The Labute approximate surface area is 95.0 Å². The Balaban J connectivity index is 4.73. The van der Waals surface area contributed by atoms with Crippen molar-refractivity contribution < 1.29 is 4.74 Å². The normalized spacial score (nSPS) is 18.2. The minimum Gasteiger partial charge on any atom is -0.383 e. The summed E-state index contributed by atoms with van der Waals surface area (Å²) in [6.07, 6.45) is 1.02. The fraction of sp³-hybridized carbons (Fsp3) is 1.00. The van der Waals surface area contributed by atoms with Crippen molar-refractivity contribution in [3.63, 3.8) is 0 Å². The van der Waals surface area contributed by atoms with Gasteiger partial charge in [0.15, 0.2) is 0 Å². The zero-order valence-electron chi connectivity index (χ0n) is 11.2. The molecule has 92 valence electrons. The number of nitrogens with two attached hydrogens (primary N) is 1. The zero-order valence-corrected chi connectivity index (χ0v) is 11.2. The number of likely N-dealkylation sites (N-methyl/N-ethyl adjacent to an activating group) is 1. The van der Waals surface area contributed by atoms with Crippen LogP contribution in [0.4, 0.5) is 0 Å². The Kier molecular flexibility index (Phi) is 6.41. The van der Waals surface area contributed by atoms with E-state index in [4.69, 9.17) is 10.5 Å². The van der Waals surface area contributed by atoms with E-state index in [1.807, 2.05) is 0 Å². The molecule has 0 radical (unpaired) electrons. The monoisotopic (exact) mass is 216 g/mol. The molecule has 0 saturated heterocycles. The predicted octanol–water partition coefficient (Wildman–Crippen LogP) is 1.72. The van der Waals surface area contributed by atoms with Crippen molar-refractivity contribution in [1.82, 2.24) is 4.90 Å². The van der Waals surface area contributed by atoms with E-state index in [2.05, 4.69) is 39.6 Å². The highest BCUT2D eigenvalue weighted by Crippen LogP contribution is 2.23. The fourth-order valence-electron chi connectivity index (χ4n) is 1.95. The molecule has 2 unspecified atom stereocenters. The van der Waals surface area contributed by atoms with Gasteiger partial charge in [0.2, 0.25) is 0 Å². The molecule has 0 spiro atoms. The van der Waals surface area contributed by atoms with Crippen LogP contribution in [0, 0.1) is 5.92 Å². The lowest BCUT2D eigenvalue weighted by molar-refractivity contribution is -0.00391. The van der Waals surface area contributed by atoms with Crippen LogP contribution >= 0.6 is 0 Å². The molecule has 0 rings (SSSR count). The van der Waals surface area contributed by atoms with Gasteiger partial charge < -0.3 is 10.5 Å². The summed E-state index contributed by atoms with van der Waals surface area (Å²) in [5.74, 6) is 0.629. The van der Waals surface area contributed by atoms with Crippen molar-refractivity contribution in [1.29, 1.82) is 0 Å². The molecule has 0 bridgehead atoms. The van der Waals surface area contributed by atoms with Gasteiger partial charge >= 0.3 is 0 Å². The number of ether oxygens (including phenoxy) is 1. The van der Waals surface area contributed by atoms with Gasteiger partial charge in [-0.15, -0.1) is 0 Å². The molecule has 0 aliphatic carbocycles. The van der Waals surface area contributed by atoms with E-state index in [0.717, 1.165) is 6.42 Å². The van der Waals surface area contributed by atoms with Crippen LogP contribution in [-0.2, 0) is 4.74 Å². The molecular formula is C12H28N2O. The second-order valence-electron chi connectivity index (χ2n) is 4.81. The zero-order chi connectivity index (χ0) is 12.1. The van der Waals surface area contributed by atoms with Crippen LogP contribution in [0.3, 0.4) is 0 Å². The smallest absolute Gasteiger partial charge is 0.0658 e. The van der Waals surface area contributed by atoms with Crippen LogP contribution < -0.4 is 5.73 Å². The first-order chi connectivity index (χ1) is 6.95. The standard InChI is InChI=1S/C12H28N2O/c1-7-12(8-13,9-15-6)14(5)11(4)10(2)3/h10-11H,7-9,13H2,1-6H3. The van der Waals surface area contributed by atoms with Gasteiger partial charge in [-0.2, -0.15) is 0 Å². The molecule has 0 amide bonds. The molecule has 3 heteroatoms. The number of rotatable bonds is 7. The van der Waals surface area contributed by atoms with Crippen LogP contribution in [0.2, 0.25) is 0 Å². The fourth-order valence-corrected chi connectivity index (χ4v) is 1.95. The SMILES string of the molecule is CCC(CN)(COC)N(C)C(C)C(C)C. The third kappa shape index (κ3) is 3.44. The van der Waals surface area contributed by atoms with Crippen molar-refractivity contribution in [2.75, 3.05) is 27.3 Å². The topological polar surface area (TPSA) is 38.5 Å². The average Bonchev–Trinajstić information content (AvgIpc) is 2.24. The summed E-state index contributed by atoms with van der Waals surface area (Å²) >= 11 is 0. The van der Waals surface area contributed by atoms with E-state index in [1.54, 1.807) is 7.11 Å². The van der Waals surface area contributed by atoms with Gasteiger partial charge in [0.05, 0.1) is 12.1 Å². The summed E-state index contributed by atoms with van der Waals surface area (Å²) < 4.78 is 5.32. The van der Waals surface area contributed by atoms with Crippen LogP contribution in [0.15, 0.2) is 0 Å². The largest absolute Gasteiger partial charge is 0.383 e. The quantitative estimate of drug-likeness (QED) is 0.704. The van der Waals surface area contributed by atoms with Gasteiger partial charge in [0.1, 0.15) is 0 Å². The predicted molar refractivity (Wildman–Crippen MR) is 66.0 cm³/mol. The van der Waals surface area contributed by atoms with E-state index in [1.165, 1.54) is 0 Å². The van der Waals surface area contributed by atoms with Gasteiger partial charge in [0.25, 0.3) is 0 Å². The second-order valence-corrected chi connectivity index (χ2v) is 4.81. The number of nitrogens with zero attached hydrogens (tertiary/aromatic N) is 1. The van der Waals surface area contributed by atoms with Crippen LogP contribution in [0.1, 0.15) is 34.1 Å². The molecule has 0 aromatic rings. The average molecular weight is 216 g/mol. The van der Waals surface area contributed by atoms with Crippen molar-refractivity contribution >= 4 is 0 Å². The van der Waals surface area contributed by atoms with Gasteiger partial charge in [-0.25, -0.2) is 0 Å². The second kappa shape index (κ2) is 6.46. The lowest BCUT2D eigenvalue weighted by Gasteiger charge is -2.44. The van der Waals surface area contributed by atoms with Gasteiger partial charge in [0, 0.05) is 19.7 Å². The highest BCUT2D eigenvalue weighted by molar-refractivity contribution is 4.92. The summed E-state index contributed by atoms with van der Waals surface area (Å²) in [7, 11) is 3.90. The molecule has 2 atom stereocenters. The molecule has 0 heterocycles. The van der Waals surface area contributed by atoms with Gasteiger partial charge in [-0.3, -0.25) is 4.90 Å². The number of hydrogen-bond donors (Lipinski definition) is 1. The maximum atomic E-state index is 5.92.